The number of aliphatic carboxylic acids is 1. The SMILES string of the molecule is CCN(c1ccc(C(F)(F)F)cc1)C(C)CC(=O)O. The molecule has 1 aromatic rings. The monoisotopic (exact) mass is 275 g/mol. The van der Waals surface area contributed by atoms with Crippen molar-refractivity contribution < 1.29 is 23.1 Å². The van der Waals surface area contributed by atoms with E-state index in [1.807, 2.05) is 6.92 Å². The Kier molecular flexibility index (Phi) is 4.80. The zero-order valence-corrected chi connectivity index (χ0v) is 10.7. The van der Waals surface area contributed by atoms with Gasteiger partial charge in [-0.25, -0.2) is 0 Å². The van der Waals surface area contributed by atoms with Crippen LogP contribution in [0.5, 0.6) is 0 Å². The molecule has 19 heavy (non-hydrogen) atoms. The molecule has 0 aromatic heterocycles. The minimum absolute atomic E-state index is 0.0607. The molecule has 0 saturated heterocycles. The number of carbonyl (C=O) groups is 1. The molecule has 6 heteroatoms. The van der Waals surface area contributed by atoms with Gasteiger partial charge in [-0.1, -0.05) is 0 Å². The van der Waals surface area contributed by atoms with Crippen LogP contribution in [0.25, 0.3) is 0 Å². The van der Waals surface area contributed by atoms with Gasteiger partial charge in [0, 0.05) is 18.3 Å². The van der Waals surface area contributed by atoms with E-state index in [1.54, 1.807) is 11.8 Å². The molecular weight excluding hydrogens is 259 g/mol. The van der Waals surface area contributed by atoms with Crippen molar-refractivity contribution in [1.29, 1.82) is 0 Å². The Bertz CT molecular complexity index is 429. The first kappa shape index (κ1) is 15.3. The fraction of sp³-hybridized carbons (Fsp3) is 0.462. The molecule has 0 saturated carbocycles. The van der Waals surface area contributed by atoms with Crippen LogP contribution in [0.15, 0.2) is 24.3 Å². The fourth-order valence-electron chi connectivity index (χ4n) is 1.95. The standard InChI is InChI=1S/C13H16F3NO2/c1-3-17(9(2)8-12(18)19)11-6-4-10(5-7-11)13(14,15)16/h4-7,9H,3,8H2,1-2H3,(H,18,19). The summed E-state index contributed by atoms with van der Waals surface area (Å²) in [6.45, 7) is 4.09. The Morgan fingerprint density at radius 3 is 2.21 bits per heavy atom. The third-order valence-corrected chi connectivity index (χ3v) is 2.87. The maximum absolute atomic E-state index is 12.4. The molecule has 0 fully saturated rings. The van der Waals surface area contributed by atoms with E-state index in [4.69, 9.17) is 5.11 Å². The summed E-state index contributed by atoms with van der Waals surface area (Å²) in [6, 6.07) is 4.46. The van der Waals surface area contributed by atoms with Crippen LogP contribution in [0.1, 0.15) is 25.8 Å². The average Bonchev–Trinajstić information content (AvgIpc) is 2.28. The highest BCUT2D eigenvalue weighted by atomic mass is 19.4. The number of hydrogen-bond donors (Lipinski definition) is 1. The van der Waals surface area contributed by atoms with Crippen molar-refractivity contribution in [3.63, 3.8) is 0 Å². The minimum atomic E-state index is -4.36. The smallest absolute Gasteiger partial charge is 0.416 e. The second-order valence-electron chi connectivity index (χ2n) is 4.28. The Morgan fingerprint density at radius 2 is 1.84 bits per heavy atom. The number of nitrogens with zero attached hydrogens (tertiary/aromatic N) is 1. The van der Waals surface area contributed by atoms with Crippen molar-refractivity contribution >= 4 is 11.7 Å². The minimum Gasteiger partial charge on any atom is -0.481 e. The second kappa shape index (κ2) is 5.95. The lowest BCUT2D eigenvalue weighted by Crippen LogP contribution is -2.34. The molecule has 106 valence electrons. The lowest BCUT2D eigenvalue weighted by atomic mass is 10.1. The van der Waals surface area contributed by atoms with Crippen LogP contribution in [-0.4, -0.2) is 23.7 Å². The zero-order chi connectivity index (χ0) is 14.6. The van der Waals surface area contributed by atoms with Crippen molar-refractivity contribution in [2.45, 2.75) is 32.5 Å². The highest BCUT2D eigenvalue weighted by Crippen LogP contribution is 2.31. The lowest BCUT2D eigenvalue weighted by molar-refractivity contribution is -0.138. The highest BCUT2D eigenvalue weighted by Gasteiger charge is 2.30. The van der Waals surface area contributed by atoms with E-state index >= 15 is 0 Å². The molecule has 0 spiro atoms. The normalized spacial score (nSPS) is 13.1. The van der Waals surface area contributed by atoms with Crippen LogP contribution in [0.4, 0.5) is 18.9 Å². The Morgan fingerprint density at radius 1 is 1.32 bits per heavy atom. The van der Waals surface area contributed by atoms with Gasteiger partial charge >= 0.3 is 12.1 Å². The van der Waals surface area contributed by atoms with E-state index < -0.39 is 17.7 Å². The van der Waals surface area contributed by atoms with Gasteiger partial charge in [0.05, 0.1) is 12.0 Å². The lowest BCUT2D eigenvalue weighted by Gasteiger charge is -2.29. The number of anilines is 1. The van der Waals surface area contributed by atoms with Gasteiger partial charge in [0.1, 0.15) is 0 Å². The second-order valence-corrected chi connectivity index (χ2v) is 4.28. The number of halogens is 3. The van der Waals surface area contributed by atoms with Gasteiger partial charge in [-0.05, 0) is 38.1 Å². The number of carboxylic acids is 1. The Labute approximate surface area is 109 Å². The van der Waals surface area contributed by atoms with Gasteiger partial charge in [-0.3, -0.25) is 4.79 Å². The van der Waals surface area contributed by atoms with E-state index in [1.165, 1.54) is 12.1 Å². The molecule has 1 rings (SSSR count). The third-order valence-electron chi connectivity index (χ3n) is 2.87. The molecule has 3 nitrogen and oxygen atoms in total. The molecule has 1 N–H and O–H groups in total. The van der Waals surface area contributed by atoms with E-state index in [0.717, 1.165) is 12.1 Å². The van der Waals surface area contributed by atoms with Crippen LogP contribution < -0.4 is 4.90 Å². The topological polar surface area (TPSA) is 40.5 Å². The van der Waals surface area contributed by atoms with E-state index in [-0.39, 0.29) is 12.5 Å². The molecule has 0 aliphatic heterocycles. The van der Waals surface area contributed by atoms with Crippen LogP contribution in [0.3, 0.4) is 0 Å². The van der Waals surface area contributed by atoms with Gasteiger partial charge in [0.25, 0.3) is 0 Å². The number of carboxylic acid groups (broad SMARTS) is 1. The summed E-state index contributed by atoms with van der Waals surface area (Å²) < 4.78 is 37.3. The summed E-state index contributed by atoms with van der Waals surface area (Å²) in [7, 11) is 0. The van der Waals surface area contributed by atoms with Crippen LogP contribution >= 0.6 is 0 Å². The number of rotatable bonds is 5. The Hall–Kier alpha value is -1.72. The molecule has 0 heterocycles. The summed E-state index contributed by atoms with van der Waals surface area (Å²) in [5.74, 6) is -0.933. The van der Waals surface area contributed by atoms with Gasteiger partial charge in [0.15, 0.2) is 0 Å². The van der Waals surface area contributed by atoms with Gasteiger partial charge in [-0.15, -0.1) is 0 Å². The molecule has 1 unspecified atom stereocenters. The molecule has 1 aromatic carbocycles. The molecule has 1 atom stereocenters. The Balaban J connectivity index is 2.91. The predicted molar refractivity (Wildman–Crippen MR) is 66.2 cm³/mol. The average molecular weight is 275 g/mol. The summed E-state index contributed by atoms with van der Waals surface area (Å²) in [5.41, 5.74) is -0.123. The summed E-state index contributed by atoms with van der Waals surface area (Å²) in [6.07, 6.45) is -4.42. The zero-order valence-electron chi connectivity index (χ0n) is 10.7. The number of benzene rings is 1. The van der Waals surface area contributed by atoms with Crippen LogP contribution in [-0.2, 0) is 11.0 Å². The maximum atomic E-state index is 12.4. The first-order valence-corrected chi connectivity index (χ1v) is 5.91. The number of alkyl halides is 3. The summed E-state index contributed by atoms with van der Waals surface area (Å²) in [5, 5.41) is 8.75. The predicted octanol–water partition coefficient (Wildman–Crippen LogP) is 3.39. The quantitative estimate of drug-likeness (QED) is 0.895. The van der Waals surface area contributed by atoms with Crippen LogP contribution in [0, 0.1) is 0 Å². The van der Waals surface area contributed by atoms with E-state index in [2.05, 4.69) is 0 Å². The van der Waals surface area contributed by atoms with Crippen molar-refractivity contribution in [1.82, 2.24) is 0 Å². The fourth-order valence-corrected chi connectivity index (χ4v) is 1.95. The van der Waals surface area contributed by atoms with Crippen molar-refractivity contribution in [2.75, 3.05) is 11.4 Å². The molecule has 0 aliphatic rings. The van der Waals surface area contributed by atoms with Crippen molar-refractivity contribution in [2.24, 2.45) is 0 Å². The molecule has 0 bridgehead atoms. The first-order chi connectivity index (χ1) is 8.75. The van der Waals surface area contributed by atoms with Gasteiger partial charge < -0.3 is 10.0 Å². The molecule has 0 amide bonds. The van der Waals surface area contributed by atoms with Crippen molar-refractivity contribution in [3.05, 3.63) is 29.8 Å². The van der Waals surface area contributed by atoms with E-state index in [0.29, 0.717) is 12.2 Å². The van der Waals surface area contributed by atoms with E-state index in [9.17, 15) is 18.0 Å². The maximum Gasteiger partial charge on any atom is 0.416 e. The van der Waals surface area contributed by atoms with Gasteiger partial charge in [0.2, 0.25) is 0 Å². The third kappa shape index (κ3) is 4.15. The largest absolute Gasteiger partial charge is 0.481 e. The van der Waals surface area contributed by atoms with Crippen molar-refractivity contribution in [3.8, 4) is 0 Å². The van der Waals surface area contributed by atoms with Crippen LogP contribution in [0.2, 0.25) is 0 Å². The summed E-state index contributed by atoms with van der Waals surface area (Å²) >= 11 is 0. The molecule has 0 aliphatic carbocycles. The highest BCUT2D eigenvalue weighted by molar-refractivity contribution is 5.68. The number of hydrogen-bond acceptors (Lipinski definition) is 2. The molecular formula is C13H16F3NO2. The molecule has 0 radical (unpaired) electrons. The summed E-state index contributed by atoms with van der Waals surface area (Å²) in [4.78, 5) is 12.4. The van der Waals surface area contributed by atoms with Gasteiger partial charge in [-0.2, -0.15) is 13.2 Å². The first-order valence-electron chi connectivity index (χ1n) is 5.91.